The van der Waals surface area contributed by atoms with E-state index in [9.17, 15) is 13.2 Å². The molecule has 6 nitrogen and oxygen atoms in total. The minimum Gasteiger partial charge on any atom is -0.382 e. The highest BCUT2D eigenvalue weighted by molar-refractivity contribution is 8.19. The Labute approximate surface area is 167 Å². The van der Waals surface area contributed by atoms with Crippen LogP contribution in [0.4, 0.5) is 0 Å². The van der Waals surface area contributed by atoms with E-state index in [0.717, 1.165) is 55.2 Å². The summed E-state index contributed by atoms with van der Waals surface area (Å²) in [6, 6.07) is 2.97. The van der Waals surface area contributed by atoms with Gasteiger partial charge in [0.15, 0.2) is 5.17 Å². The lowest BCUT2D eigenvalue weighted by molar-refractivity contribution is -0.124. The average Bonchev–Trinajstić information content (AvgIpc) is 3.12. The molecule has 1 aliphatic heterocycles. The molecular formula is C16H20ClN3O3S3. The molecule has 0 N–H and O–H groups in total. The van der Waals surface area contributed by atoms with Crippen molar-refractivity contribution in [3.05, 3.63) is 27.6 Å². The van der Waals surface area contributed by atoms with Crippen LogP contribution in [0.25, 0.3) is 0 Å². The Bertz CT molecular complexity index is 855. The molecular weight excluding hydrogens is 414 g/mol. The smallest absolute Gasteiger partial charge is 0.294 e. The third-order valence-corrected chi connectivity index (χ3v) is 8.20. The molecule has 0 radical (unpaired) electrons. The molecule has 1 aliphatic carbocycles. The number of nitrogens with zero attached hydrogens (tertiary/aromatic N) is 3. The molecule has 26 heavy (non-hydrogen) atoms. The number of thiophene rings is 1. The summed E-state index contributed by atoms with van der Waals surface area (Å²) < 4.78 is 29.8. The van der Waals surface area contributed by atoms with Crippen LogP contribution in [0.3, 0.4) is 0 Å². The lowest BCUT2D eigenvalue weighted by Crippen LogP contribution is -2.40. The quantitative estimate of drug-likeness (QED) is 0.676. The van der Waals surface area contributed by atoms with E-state index in [0.29, 0.717) is 9.24 Å². The predicted octanol–water partition coefficient (Wildman–Crippen LogP) is 3.76. The molecule has 0 unspecified atom stereocenters. The van der Waals surface area contributed by atoms with Gasteiger partial charge in [0.2, 0.25) is 0 Å². The van der Waals surface area contributed by atoms with Gasteiger partial charge < -0.3 is 4.90 Å². The topological polar surface area (TPSA) is 70.1 Å². The van der Waals surface area contributed by atoms with Crippen LogP contribution in [-0.4, -0.2) is 49.4 Å². The molecule has 2 fully saturated rings. The van der Waals surface area contributed by atoms with Gasteiger partial charge in [0.05, 0.1) is 9.24 Å². The van der Waals surface area contributed by atoms with Gasteiger partial charge in [0, 0.05) is 26.3 Å². The monoisotopic (exact) mass is 433 g/mol. The van der Waals surface area contributed by atoms with Gasteiger partial charge in [0.1, 0.15) is 4.21 Å². The summed E-state index contributed by atoms with van der Waals surface area (Å²) in [5.74, 6) is -0.172. The zero-order chi connectivity index (χ0) is 18.9. The third-order valence-electron chi connectivity index (χ3n) is 4.15. The number of sulfonamides is 1. The van der Waals surface area contributed by atoms with E-state index < -0.39 is 10.0 Å². The van der Waals surface area contributed by atoms with Crippen LogP contribution in [0.5, 0.6) is 0 Å². The van der Waals surface area contributed by atoms with Gasteiger partial charge in [-0.15, -0.1) is 15.7 Å². The van der Waals surface area contributed by atoms with Crippen LogP contribution in [0, 0.1) is 0 Å². The summed E-state index contributed by atoms with van der Waals surface area (Å²) in [5.41, 5.74) is 0. The molecule has 3 rings (SSSR count). The molecule has 2 heterocycles. The molecule has 0 aromatic carbocycles. The number of amidine groups is 1. The Morgan fingerprint density at radius 1 is 1.27 bits per heavy atom. The normalized spacial score (nSPS) is 22.6. The highest BCUT2D eigenvalue weighted by Crippen LogP contribution is 2.38. The second-order valence-electron chi connectivity index (χ2n) is 6.43. The Balaban J connectivity index is 1.99. The summed E-state index contributed by atoms with van der Waals surface area (Å²) in [6.45, 7) is 0. The summed E-state index contributed by atoms with van der Waals surface area (Å²) in [7, 11) is -0.254. The van der Waals surface area contributed by atoms with Crippen LogP contribution in [-0.2, 0) is 14.8 Å². The largest absolute Gasteiger partial charge is 0.382 e. The Hall–Kier alpha value is -1.03. The van der Waals surface area contributed by atoms with Gasteiger partial charge in [-0.05, 0) is 36.7 Å². The molecule has 142 valence electrons. The highest BCUT2D eigenvalue weighted by atomic mass is 35.5. The van der Waals surface area contributed by atoms with Gasteiger partial charge in [-0.1, -0.05) is 30.9 Å². The molecule has 0 bridgehead atoms. The van der Waals surface area contributed by atoms with E-state index in [4.69, 9.17) is 11.6 Å². The lowest BCUT2D eigenvalue weighted by Gasteiger charge is -2.30. The lowest BCUT2D eigenvalue weighted by atomic mass is 9.94. The number of carbonyl (C=O) groups is 1. The van der Waals surface area contributed by atoms with Crippen molar-refractivity contribution in [1.82, 2.24) is 9.80 Å². The van der Waals surface area contributed by atoms with Crippen molar-refractivity contribution < 1.29 is 13.2 Å². The molecule has 1 aromatic rings. The molecule has 0 spiro atoms. The molecule has 1 saturated heterocycles. The SMILES string of the molecule is CN(C)/C=C1/S/C(=N/S(=O)(=O)c2ccc(Cl)s2)N(C2CCCCC2)C1=O. The van der Waals surface area contributed by atoms with Gasteiger partial charge >= 0.3 is 0 Å². The summed E-state index contributed by atoms with van der Waals surface area (Å²) in [5, 5.41) is 0.236. The maximum Gasteiger partial charge on any atom is 0.294 e. The predicted molar refractivity (Wildman–Crippen MR) is 107 cm³/mol. The van der Waals surface area contributed by atoms with E-state index in [1.54, 1.807) is 16.0 Å². The Kier molecular flexibility index (Phi) is 6.01. The van der Waals surface area contributed by atoms with Crippen LogP contribution in [0.1, 0.15) is 32.1 Å². The van der Waals surface area contributed by atoms with E-state index in [1.807, 2.05) is 14.1 Å². The fraction of sp³-hybridized carbons (Fsp3) is 0.500. The number of amides is 1. The van der Waals surface area contributed by atoms with Gasteiger partial charge in [-0.2, -0.15) is 8.42 Å². The van der Waals surface area contributed by atoms with Gasteiger partial charge in [-0.25, -0.2) is 0 Å². The number of halogens is 1. The first kappa shape index (κ1) is 19.7. The van der Waals surface area contributed by atoms with Crippen molar-refractivity contribution in [3.63, 3.8) is 0 Å². The zero-order valence-corrected chi connectivity index (χ0v) is 17.7. The first-order chi connectivity index (χ1) is 12.3. The van der Waals surface area contributed by atoms with E-state index in [-0.39, 0.29) is 21.3 Å². The number of rotatable bonds is 4. The Morgan fingerprint density at radius 3 is 2.54 bits per heavy atom. The van der Waals surface area contributed by atoms with Crippen molar-refractivity contribution >= 4 is 55.8 Å². The van der Waals surface area contributed by atoms with Crippen LogP contribution >= 0.6 is 34.7 Å². The van der Waals surface area contributed by atoms with Crippen LogP contribution in [0.15, 0.2) is 31.8 Å². The van der Waals surface area contributed by atoms with E-state index in [1.165, 1.54) is 12.1 Å². The second-order valence-corrected chi connectivity index (χ2v) is 11.0. The van der Waals surface area contributed by atoms with Crippen molar-refractivity contribution in [3.8, 4) is 0 Å². The maximum atomic E-state index is 12.9. The fourth-order valence-corrected chi connectivity index (χ4v) is 6.78. The third kappa shape index (κ3) is 4.27. The minimum absolute atomic E-state index is 0.00214. The second kappa shape index (κ2) is 7.92. The summed E-state index contributed by atoms with van der Waals surface area (Å²) in [6.07, 6.45) is 6.65. The van der Waals surface area contributed by atoms with Crippen molar-refractivity contribution in [2.24, 2.45) is 4.40 Å². The highest BCUT2D eigenvalue weighted by Gasteiger charge is 2.40. The Morgan fingerprint density at radius 2 is 1.96 bits per heavy atom. The number of hydrogen-bond acceptors (Lipinski definition) is 6. The van der Waals surface area contributed by atoms with Crippen molar-refractivity contribution in [1.29, 1.82) is 0 Å². The van der Waals surface area contributed by atoms with Crippen molar-refractivity contribution in [2.45, 2.75) is 42.4 Å². The average molecular weight is 434 g/mol. The molecule has 1 aromatic heterocycles. The molecule has 1 amide bonds. The molecule has 10 heteroatoms. The van der Waals surface area contributed by atoms with E-state index in [2.05, 4.69) is 4.40 Å². The molecule has 1 saturated carbocycles. The van der Waals surface area contributed by atoms with Crippen molar-refractivity contribution in [2.75, 3.05) is 14.1 Å². The number of hydrogen-bond donors (Lipinski definition) is 0. The van der Waals surface area contributed by atoms with Gasteiger partial charge in [0.25, 0.3) is 15.9 Å². The first-order valence-corrected chi connectivity index (χ1v) is 11.7. The standard InChI is InChI=1S/C16H20ClN3O3S3/c1-19(2)10-12-15(21)20(11-6-4-3-5-7-11)16(24-12)18-26(22,23)14-9-8-13(17)25-14/h8-11H,3-7H2,1-2H3/b12-10+,18-16+. The number of thioether (sulfide) groups is 1. The summed E-state index contributed by atoms with van der Waals surface area (Å²) >= 11 is 7.94. The minimum atomic E-state index is -3.90. The molecule has 0 atom stereocenters. The number of carbonyl (C=O) groups excluding carboxylic acids is 1. The molecule has 2 aliphatic rings. The van der Waals surface area contributed by atoms with Gasteiger partial charge in [-0.3, -0.25) is 9.69 Å². The summed E-state index contributed by atoms with van der Waals surface area (Å²) in [4.78, 5) is 16.7. The van der Waals surface area contributed by atoms with Crippen LogP contribution < -0.4 is 0 Å². The first-order valence-electron chi connectivity index (χ1n) is 8.28. The maximum absolute atomic E-state index is 12.9. The zero-order valence-electron chi connectivity index (χ0n) is 14.5. The van der Waals surface area contributed by atoms with E-state index >= 15 is 0 Å². The van der Waals surface area contributed by atoms with Crippen LogP contribution in [0.2, 0.25) is 4.34 Å². The fourth-order valence-electron chi connectivity index (χ4n) is 3.02.